The third-order valence-corrected chi connectivity index (χ3v) is 3.15. The van der Waals surface area contributed by atoms with Gasteiger partial charge in [-0.25, -0.2) is 4.79 Å². The molecule has 5 nitrogen and oxygen atoms in total. The first-order valence-corrected chi connectivity index (χ1v) is 6.60. The minimum atomic E-state index is -0.793. The van der Waals surface area contributed by atoms with Gasteiger partial charge in [0.25, 0.3) is 11.8 Å². The van der Waals surface area contributed by atoms with E-state index in [1.165, 1.54) is 18.2 Å². The Morgan fingerprint density at radius 1 is 0.864 bits per heavy atom. The van der Waals surface area contributed by atoms with Gasteiger partial charge in [0.15, 0.2) is 0 Å². The summed E-state index contributed by atoms with van der Waals surface area (Å²) < 4.78 is 0. The topological polar surface area (TPSA) is 63.7 Å². The van der Waals surface area contributed by atoms with Crippen LogP contribution in [0.4, 0.5) is 0 Å². The molecule has 3 rings (SSSR count). The molecular formula is C17H11NO4. The molecule has 1 aliphatic heterocycles. The Bertz CT molecular complexity index is 745. The molecule has 22 heavy (non-hydrogen) atoms. The number of carbonyl (C=O) groups excluding carboxylic acids is 3. The number of rotatable bonds is 3. The van der Waals surface area contributed by atoms with Crippen molar-refractivity contribution in [2.45, 2.75) is 0 Å². The number of hydroxylamine groups is 2. The van der Waals surface area contributed by atoms with E-state index in [-0.39, 0.29) is 11.1 Å². The summed E-state index contributed by atoms with van der Waals surface area (Å²) in [5, 5.41) is 0.488. The molecule has 1 heterocycles. The Kier molecular flexibility index (Phi) is 3.53. The van der Waals surface area contributed by atoms with Crippen molar-refractivity contribution in [2.75, 3.05) is 0 Å². The Morgan fingerprint density at radius 2 is 1.41 bits per heavy atom. The number of amides is 2. The summed E-state index contributed by atoms with van der Waals surface area (Å²) in [6.45, 7) is 0. The predicted octanol–water partition coefficient (Wildman–Crippen LogP) is 2.45. The van der Waals surface area contributed by atoms with E-state index >= 15 is 0 Å². The van der Waals surface area contributed by atoms with Crippen LogP contribution in [0.15, 0.2) is 60.7 Å². The molecule has 0 bridgehead atoms. The number of hydrogen-bond donors (Lipinski definition) is 0. The van der Waals surface area contributed by atoms with Crippen LogP contribution in [0, 0.1) is 0 Å². The maximum atomic E-state index is 12.0. The van der Waals surface area contributed by atoms with Gasteiger partial charge in [0.2, 0.25) is 0 Å². The molecule has 2 aromatic carbocycles. The van der Waals surface area contributed by atoms with Gasteiger partial charge in [-0.05, 0) is 23.8 Å². The fourth-order valence-electron chi connectivity index (χ4n) is 2.10. The molecule has 0 fully saturated rings. The van der Waals surface area contributed by atoms with Crippen LogP contribution < -0.4 is 0 Å². The summed E-state index contributed by atoms with van der Waals surface area (Å²) in [6.07, 6.45) is 2.71. The molecule has 5 heteroatoms. The Labute approximate surface area is 126 Å². The van der Waals surface area contributed by atoms with E-state index in [9.17, 15) is 14.4 Å². The van der Waals surface area contributed by atoms with E-state index in [1.54, 1.807) is 18.2 Å². The number of benzene rings is 2. The third kappa shape index (κ3) is 2.52. The fourth-order valence-corrected chi connectivity index (χ4v) is 2.10. The smallest absolute Gasteiger partial charge is 0.325 e. The SMILES string of the molecule is O=C(C=Cc1ccccc1)ON1C(=O)c2ccccc2C1=O. The maximum absolute atomic E-state index is 12.0. The number of fused-ring (bicyclic) bond motifs is 1. The molecule has 108 valence electrons. The van der Waals surface area contributed by atoms with Gasteiger partial charge < -0.3 is 4.84 Å². The first kappa shape index (κ1) is 13.8. The zero-order chi connectivity index (χ0) is 15.5. The molecule has 0 aliphatic carbocycles. The molecule has 1 aliphatic rings. The van der Waals surface area contributed by atoms with Crippen molar-refractivity contribution in [2.24, 2.45) is 0 Å². The van der Waals surface area contributed by atoms with E-state index < -0.39 is 17.8 Å². The van der Waals surface area contributed by atoms with Crippen molar-refractivity contribution in [3.8, 4) is 0 Å². The average Bonchev–Trinajstić information content (AvgIpc) is 2.79. The third-order valence-electron chi connectivity index (χ3n) is 3.15. The minimum Gasteiger partial charge on any atom is -0.325 e. The van der Waals surface area contributed by atoms with Crippen molar-refractivity contribution in [3.05, 3.63) is 77.4 Å². The van der Waals surface area contributed by atoms with Crippen LogP contribution in [0.25, 0.3) is 6.08 Å². The average molecular weight is 293 g/mol. The Morgan fingerprint density at radius 3 is 2.00 bits per heavy atom. The van der Waals surface area contributed by atoms with Crippen LogP contribution in [-0.4, -0.2) is 22.8 Å². The van der Waals surface area contributed by atoms with Crippen LogP contribution >= 0.6 is 0 Å². The van der Waals surface area contributed by atoms with Crippen molar-refractivity contribution in [3.63, 3.8) is 0 Å². The second kappa shape index (κ2) is 5.65. The number of imide groups is 1. The molecule has 0 unspecified atom stereocenters. The van der Waals surface area contributed by atoms with Crippen molar-refractivity contribution in [1.82, 2.24) is 5.06 Å². The van der Waals surface area contributed by atoms with Gasteiger partial charge in [0.05, 0.1) is 11.1 Å². The first-order valence-electron chi connectivity index (χ1n) is 6.60. The van der Waals surface area contributed by atoms with Crippen LogP contribution in [0.5, 0.6) is 0 Å². The van der Waals surface area contributed by atoms with E-state index in [0.29, 0.717) is 5.06 Å². The number of nitrogens with zero attached hydrogens (tertiary/aromatic N) is 1. The summed E-state index contributed by atoms with van der Waals surface area (Å²) in [5.74, 6) is -2.07. The number of hydrogen-bond acceptors (Lipinski definition) is 4. The largest absolute Gasteiger partial charge is 0.356 e. The zero-order valence-electron chi connectivity index (χ0n) is 11.4. The van der Waals surface area contributed by atoms with E-state index in [1.807, 2.05) is 30.3 Å². The van der Waals surface area contributed by atoms with Crippen LogP contribution in [0.3, 0.4) is 0 Å². The second-order valence-electron chi connectivity index (χ2n) is 4.60. The highest BCUT2D eigenvalue weighted by Crippen LogP contribution is 2.22. The Balaban J connectivity index is 1.72. The van der Waals surface area contributed by atoms with Crippen molar-refractivity contribution < 1.29 is 19.2 Å². The first-order chi connectivity index (χ1) is 10.7. The molecule has 0 saturated carbocycles. The zero-order valence-corrected chi connectivity index (χ0v) is 11.4. The number of carbonyl (C=O) groups is 3. The molecule has 2 amide bonds. The molecule has 0 saturated heterocycles. The predicted molar refractivity (Wildman–Crippen MR) is 78.5 cm³/mol. The second-order valence-corrected chi connectivity index (χ2v) is 4.60. The van der Waals surface area contributed by atoms with Gasteiger partial charge in [-0.2, -0.15) is 0 Å². The molecule has 0 aromatic heterocycles. The standard InChI is InChI=1S/C17H11NO4/c19-15(11-10-12-6-2-1-3-7-12)22-18-16(20)13-8-4-5-9-14(13)17(18)21/h1-11H. The highest BCUT2D eigenvalue weighted by atomic mass is 16.7. The summed E-state index contributed by atoms with van der Waals surface area (Å²) in [6, 6.07) is 15.5. The van der Waals surface area contributed by atoms with Gasteiger partial charge in [0.1, 0.15) is 0 Å². The van der Waals surface area contributed by atoms with Gasteiger partial charge in [0, 0.05) is 6.08 Å². The highest BCUT2D eigenvalue weighted by molar-refractivity contribution is 6.21. The van der Waals surface area contributed by atoms with Gasteiger partial charge in [-0.3, -0.25) is 9.59 Å². The van der Waals surface area contributed by atoms with Gasteiger partial charge in [-0.15, -0.1) is 0 Å². The lowest BCUT2D eigenvalue weighted by Gasteiger charge is -2.10. The van der Waals surface area contributed by atoms with E-state index in [0.717, 1.165) is 5.56 Å². The van der Waals surface area contributed by atoms with Crippen LogP contribution in [-0.2, 0) is 9.63 Å². The lowest BCUT2D eigenvalue weighted by Crippen LogP contribution is -2.32. The normalized spacial score (nSPS) is 13.5. The molecule has 0 spiro atoms. The van der Waals surface area contributed by atoms with Gasteiger partial charge in [-0.1, -0.05) is 47.5 Å². The van der Waals surface area contributed by atoms with E-state index in [2.05, 4.69) is 0 Å². The summed E-state index contributed by atoms with van der Waals surface area (Å²) >= 11 is 0. The molecule has 0 atom stereocenters. The fraction of sp³-hybridized carbons (Fsp3) is 0. The molecule has 0 radical (unpaired) electrons. The van der Waals surface area contributed by atoms with Crippen LogP contribution in [0.2, 0.25) is 0 Å². The minimum absolute atomic E-state index is 0.229. The monoisotopic (exact) mass is 293 g/mol. The van der Waals surface area contributed by atoms with Crippen molar-refractivity contribution >= 4 is 23.9 Å². The molecular weight excluding hydrogens is 282 g/mol. The van der Waals surface area contributed by atoms with Gasteiger partial charge >= 0.3 is 5.97 Å². The highest BCUT2D eigenvalue weighted by Gasteiger charge is 2.38. The van der Waals surface area contributed by atoms with Crippen LogP contribution in [0.1, 0.15) is 26.3 Å². The lowest BCUT2D eigenvalue weighted by atomic mass is 10.1. The summed E-state index contributed by atoms with van der Waals surface area (Å²) in [4.78, 5) is 40.6. The molecule has 0 N–H and O–H groups in total. The summed E-state index contributed by atoms with van der Waals surface area (Å²) in [5.41, 5.74) is 1.27. The lowest BCUT2D eigenvalue weighted by molar-refractivity contribution is -0.161. The summed E-state index contributed by atoms with van der Waals surface area (Å²) in [7, 11) is 0. The maximum Gasteiger partial charge on any atom is 0.356 e. The van der Waals surface area contributed by atoms with E-state index in [4.69, 9.17) is 4.84 Å². The van der Waals surface area contributed by atoms with Crippen molar-refractivity contribution in [1.29, 1.82) is 0 Å². The molecule has 2 aromatic rings. The Hall–Kier alpha value is -3.21. The quantitative estimate of drug-likeness (QED) is 0.644.